The predicted molar refractivity (Wildman–Crippen MR) is 81.1 cm³/mol. The molecule has 0 radical (unpaired) electrons. The normalized spacial score (nSPS) is 10.5. The number of nitrogens with zero attached hydrogens (tertiary/aromatic N) is 3. The van der Waals surface area contributed by atoms with Crippen molar-refractivity contribution in [3.8, 4) is 11.5 Å². The van der Waals surface area contributed by atoms with E-state index in [1.54, 1.807) is 6.20 Å². The molecule has 0 saturated carbocycles. The van der Waals surface area contributed by atoms with Crippen LogP contribution in [-0.2, 0) is 6.42 Å². The molecule has 4 nitrogen and oxygen atoms in total. The first-order valence-corrected chi connectivity index (χ1v) is 7.26. The van der Waals surface area contributed by atoms with Crippen LogP contribution in [0.3, 0.4) is 0 Å². The molecule has 0 amide bonds. The lowest BCUT2D eigenvalue weighted by Gasteiger charge is -2.08. The van der Waals surface area contributed by atoms with Crippen LogP contribution in [0.25, 0.3) is 11.5 Å². The first kappa shape index (κ1) is 13.9. The molecule has 0 bridgehead atoms. The van der Waals surface area contributed by atoms with Gasteiger partial charge in [0.1, 0.15) is 11.5 Å². The Bertz CT molecular complexity index is 540. The first-order chi connectivity index (χ1) is 9.22. The second-order valence-corrected chi connectivity index (χ2v) is 5.13. The zero-order chi connectivity index (χ0) is 13.7. The second kappa shape index (κ2) is 6.61. The van der Waals surface area contributed by atoms with Gasteiger partial charge >= 0.3 is 0 Å². The van der Waals surface area contributed by atoms with Crippen molar-refractivity contribution in [3.63, 3.8) is 0 Å². The highest BCUT2D eigenvalue weighted by molar-refractivity contribution is 9.10. The van der Waals surface area contributed by atoms with Crippen LogP contribution >= 0.6 is 15.9 Å². The number of pyridine rings is 1. The van der Waals surface area contributed by atoms with E-state index in [1.165, 1.54) is 0 Å². The van der Waals surface area contributed by atoms with Gasteiger partial charge in [-0.3, -0.25) is 4.98 Å². The highest BCUT2D eigenvalue weighted by Gasteiger charge is 2.07. The van der Waals surface area contributed by atoms with Crippen molar-refractivity contribution >= 4 is 21.7 Å². The zero-order valence-corrected chi connectivity index (χ0v) is 12.7. The van der Waals surface area contributed by atoms with Gasteiger partial charge in [0.25, 0.3) is 0 Å². The molecule has 0 unspecified atom stereocenters. The Kier molecular flexibility index (Phi) is 4.85. The summed E-state index contributed by atoms with van der Waals surface area (Å²) in [6.45, 7) is 5.13. The van der Waals surface area contributed by atoms with Crippen LogP contribution in [0, 0.1) is 0 Å². The third kappa shape index (κ3) is 3.73. The van der Waals surface area contributed by atoms with E-state index in [0.29, 0.717) is 5.82 Å². The van der Waals surface area contributed by atoms with Crippen LogP contribution in [0.15, 0.2) is 28.9 Å². The van der Waals surface area contributed by atoms with E-state index in [9.17, 15) is 0 Å². The largest absolute Gasteiger partial charge is 0.370 e. The minimum Gasteiger partial charge on any atom is -0.370 e. The number of aryl methyl sites for hydroxylation is 1. The lowest BCUT2D eigenvalue weighted by molar-refractivity contribution is 0.949. The van der Waals surface area contributed by atoms with Crippen molar-refractivity contribution in [3.05, 3.63) is 34.6 Å². The molecule has 2 aromatic heterocycles. The summed E-state index contributed by atoms with van der Waals surface area (Å²) in [4.78, 5) is 13.4. The Morgan fingerprint density at radius 3 is 2.68 bits per heavy atom. The van der Waals surface area contributed by atoms with Gasteiger partial charge in [-0.25, -0.2) is 9.97 Å². The Morgan fingerprint density at radius 1 is 1.21 bits per heavy atom. The average molecular weight is 321 g/mol. The maximum atomic E-state index is 4.53. The summed E-state index contributed by atoms with van der Waals surface area (Å²) in [5.74, 6) is 1.54. The Hall–Kier alpha value is -1.49. The summed E-state index contributed by atoms with van der Waals surface area (Å²) < 4.78 is 0.951. The second-order valence-electron chi connectivity index (χ2n) is 4.21. The predicted octanol–water partition coefficient (Wildman–Crippen LogP) is 3.69. The molecule has 5 heteroatoms. The van der Waals surface area contributed by atoms with Crippen LogP contribution in [0.5, 0.6) is 0 Å². The molecule has 1 N–H and O–H groups in total. The minimum absolute atomic E-state index is 0.672. The van der Waals surface area contributed by atoms with Gasteiger partial charge in [0.05, 0.1) is 0 Å². The third-order valence-electron chi connectivity index (χ3n) is 2.65. The molecule has 19 heavy (non-hydrogen) atoms. The van der Waals surface area contributed by atoms with Crippen molar-refractivity contribution in [2.45, 2.75) is 26.7 Å². The smallest absolute Gasteiger partial charge is 0.180 e. The number of rotatable bonds is 5. The van der Waals surface area contributed by atoms with Crippen molar-refractivity contribution in [1.82, 2.24) is 15.0 Å². The number of aromatic nitrogens is 3. The minimum atomic E-state index is 0.672. The van der Waals surface area contributed by atoms with Gasteiger partial charge in [-0.15, -0.1) is 0 Å². The molecular weight excluding hydrogens is 304 g/mol. The van der Waals surface area contributed by atoms with Crippen molar-refractivity contribution < 1.29 is 0 Å². The molecule has 0 aromatic carbocycles. The molecule has 100 valence electrons. The molecular formula is C14H17BrN4. The first-order valence-electron chi connectivity index (χ1n) is 6.46. The van der Waals surface area contributed by atoms with Crippen molar-refractivity contribution in [2.24, 2.45) is 0 Å². The van der Waals surface area contributed by atoms with Crippen LogP contribution in [0.1, 0.15) is 26.0 Å². The van der Waals surface area contributed by atoms with E-state index in [1.807, 2.05) is 18.2 Å². The van der Waals surface area contributed by atoms with Crippen molar-refractivity contribution in [2.75, 3.05) is 11.9 Å². The molecule has 0 saturated heterocycles. The summed E-state index contributed by atoms with van der Waals surface area (Å²) >= 11 is 3.38. The summed E-state index contributed by atoms with van der Waals surface area (Å²) in [6.07, 6.45) is 3.71. The molecule has 0 fully saturated rings. The van der Waals surface area contributed by atoms with Gasteiger partial charge in [-0.1, -0.05) is 13.8 Å². The summed E-state index contributed by atoms with van der Waals surface area (Å²) in [5, 5.41) is 3.30. The monoisotopic (exact) mass is 320 g/mol. The van der Waals surface area contributed by atoms with E-state index in [-0.39, 0.29) is 0 Å². The van der Waals surface area contributed by atoms with E-state index in [4.69, 9.17) is 0 Å². The molecule has 0 aliphatic carbocycles. The van der Waals surface area contributed by atoms with Gasteiger partial charge in [0.2, 0.25) is 0 Å². The molecule has 2 aromatic rings. The molecule has 0 aliphatic heterocycles. The highest BCUT2D eigenvalue weighted by atomic mass is 79.9. The SMILES string of the molecule is CCCNc1cc(CC)nc(-c2ccc(Br)cn2)n1. The molecule has 2 heterocycles. The molecule has 0 spiro atoms. The summed E-state index contributed by atoms with van der Waals surface area (Å²) in [6, 6.07) is 5.87. The Morgan fingerprint density at radius 2 is 2.05 bits per heavy atom. The Balaban J connectivity index is 2.35. The van der Waals surface area contributed by atoms with Gasteiger partial charge in [0, 0.05) is 29.0 Å². The van der Waals surface area contributed by atoms with Crippen LogP contribution in [-0.4, -0.2) is 21.5 Å². The lowest BCUT2D eigenvalue weighted by atomic mass is 10.2. The number of hydrogen-bond donors (Lipinski definition) is 1. The number of nitrogens with one attached hydrogen (secondary N) is 1. The maximum Gasteiger partial charge on any atom is 0.180 e. The van der Waals surface area contributed by atoms with E-state index in [2.05, 4.69) is 50.0 Å². The average Bonchev–Trinajstić information content (AvgIpc) is 2.45. The number of halogens is 1. The fraction of sp³-hybridized carbons (Fsp3) is 0.357. The number of hydrogen-bond acceptors (Lipinski definition) is 4. The van der Waals surface area contributed by atoms with Crippen molar-refractivity contribution in [1.29, 1.82) is 0 Å². The van der Waals surface area contributed by atoms with Crippen LogP contribution in [0.4, 0.5) is 5.82 Å². The summed E-state index contributed by atoms with van der Waals surface area (Å²) in [5.41, 5.74) is 1.81. The maximum absolute atomic E-state index is 4.53. The molecule has 2 rings (SSSR count). The lowest BCUT2D eigenvalue weighted by Crippen LogP contribution is -2.05. The van der Waals surface area contributed by atoms with E-state index in [0.717, 1.165) is 41.1 Å². The zero-order valence-electron chi connectivity index (χ0n) is 11.2. The fourth-order valence-electron chi connectivity index (χ4n) is 1.64. The van der Waals surface area contributed by atoms with E-state index < -0.39 is 0 Å². The van der Waals surface area contributed by atoms with Gasteiger partial charge in [-0.2, -0.15) is 0 Å². The van der Waals surface area contributed by atoms with Gasteiger partial charge in [0.15, 0.2) is 5.82 Å². The van der Waals surface area contributed by atoms with Gasteiger partial charge in [-0.05, 0) is 40.9 Å². The summed E-state index contributed by atoms with van der Waals surface area (Å²) in [7, 11) is 0. The molecule has 0 aliphatic rings. The Labute approximate surface area is 121 Å². The van der Waals surface area contributed by atoms with Crippen LogP contribution < -0.4 is 5.32 Å². The highest BCUT2D eigenvalue weighted by Crippen LogP contribution is 2.18. The van der Waals surface area contributed by atoms with Crippen LogP contribution in [0.2, 0.25) is 0 Å². The standard InChI is InChI=1S/C14H17BrN4/c1-3-7-16-13-8-11(4-2)18-14(19-13)12-6-5-10(15)9-17-12/h5-6,8-9H,3-4,7H2,1-2H3,(H,16,18,19). The topological polar surface area (TPSA) is 50.7 Å². The van der Waals surface area contributed by atoms with E-state index >= 15 is 0 Å². The number of anilines is 1. The van der Waals surface area contributed by atoms with Gasteiger partial charge < -0.3 is 5.32 Å². The quantitative estimate of drug-likeness (QED) is 0.912. The molecule has 0 atom stereocenters. The third-order valence-corrected chi connectivity index (χ3v) is 3.12. The fourth-order valence-corrected chi connectivity index (χ4v) is 1.88.